The monoisotopic (exact) mass is 269 g/mol. The smallest absolute Gasteiger partial charge is 0.346 e. The van der Waals surface area contributed by atoms with E-state index in [1.165, 1.54) is 24.1 Å². The van der Waals surface area contributed by atoms with Gasteiger partial charge in [-0.05, 0) is 6.07 Å². The van der Waals surface area contributed by atoms with Crippen LogP contribution in [0.15, 0.2) is 23.2 Å². The maximum atomic E-state index is 13.8. The third-order valence-electron chi connectivity index (χ3n) is 2.87. The van der Waals surface area contributed by atoms with Crippen LogP contribution in [0.4, 0.5) is 13.6 Å². The minimum atomic E-state index is -1.03. The number of aliphatic imine (C=N–C) groups is 1. The van der Waals surface area contributed by atoms with Crippen LogP contribution in [0.3, 0.4) is 0 Å². The Morgan fingerprint density at radius 1 is 1.47 bits per heavy atom. The van der Waals surface area contributed by atoms with Crippen LogP contribution >= 0.6 is 0 Å². The third-order valence-corrected chi connectivity index (χ3v) is 2.87. The van der Waals surface area contributed by atoms with Crippen LogP contribution in [0, 0.1) is 11.6 Å². The largest absolute Gasteiger partial charge is 0.385 e. The number of carbonyl (C=O) groups is 1. The van der Waals surface area contributed by atoms with Gasteiger partial charge in [0.1, 0.15) is 11.9 Å². The topological polar surface area (TPSA) is 67.9 Å². The number of carbonyl (C=O) groups excluding carboxylic acids is 1. The predicted molar refractivity (Wildman–Crippen MR) is 64.7 cm³/mol. The summed E-state index contributed by atoms with van der Waals surface area (Å²) in [5.74, 6) is -2.07. The maximum Gasteiger partial charge on any atom is 0.346 e. The molecule has 5 nitrogen and oxygen atoms in total. The van der Waals surface area contributed by atoms with Crippen molar-refractivity contribution in [3.05, 3.63) is 35.4 Å². The van der Waals surface area contributed by atoms with Crippen molar-refractivity contribution in [2.24, 2.45) is 10.7 Å². The third kappa shape index (κ3) is 2.41. The molecule has 0 fully saturated rings. The van der Waals surface area contributed by atoms with Gasteiger partial charge >= 0.3 is 6.03 Å². The molecule has 7 heteroatoms. The summed E-state index contributed by atoms with van der Waals surface area (Å²) in [6.45, 7) is 0.447. The molecule has 2 amide bonds. The molecule has 19 heavy (non-hydrogen) atoms. The molecule has 0 saturated carbocycles. The van der Waals surface area contributed by atoms with Crippen molar-refractivity contribution in [1.82, 2.24) is 4.90 Å². The lowest BCUT2D eigenvalue weighted by Crippen LogP contribution is -2.36. The minimum absolute atomic E-state index is 0.0109. The Labute approximate surface area is 108 Å². The highest BCUT2D eigenvalue weighted by atomic mass is 19.2. The molecule has 102 valence electrons. The SMILES string of the molecule is COCCN1C(=O)N=C(N)C1c1cccc(F)c1F. The Balaban J connectivity index is 2.37. The summed E-state index contributed by atoms with van der Waals surface area (Å²) in [6, 6.07) is 2.27. The summed E-state index contributed by atoms with van der Waals surface area (Å²) in [7, 11) is 1.47. The number of amides is 2. The van der Waals surface area contributed by atoms with Crippen LogP contribution < -0.4 is 5.73 Å². The molecule has 0 aromatic heterocycles. The van der Waals surface area contributed by atoms with Crippen LogP contribution in [0.1, 0.15) is 11.6 Å². The van der Waals surface area contributed by atoms with Crippen molar-refractivity contribution in [3.63, 3.8) is 0 Å². The molecule has 1 heterocycles. The first-order valence-corrected chi connectivity index (χ1v) is 5.63. The number of benzene rings is 1. The van der Waals surface area contributed by atoms with E-state index in [2.05, 4.69) is 4.99 Å². The van der Waals surface area contributed by atoms with Gasteiger partial charge in [-0.25, -0.2) is 13.6 Å². The number of nitrogens with two attached hydrogens (primary N) is 1. The molecule has 1 aliphatic rings. The summed E-state index contributed by atoms with van der Waals surface area (Å²) < 4.78 is 31.9. The molecule has 0 bridgehead atoms. The Morgan fingerprint density at radius 2 is 2.21 bits per heavy atom. The molecule has 1 atom stereocenters. The van der Waals surface area contributed by atoms with Crippen LogP contribution in [0.2, 0.25) is 0 Å². The lowest BCUT2D eigenvalue weighted by atomic mass is 10.0. The zero-order valence-electron chi connectivity index (χ0n) is 10.3. The van der Waals surface area contributed by atoms with E-state index in [4.69, 9.17) is 10.5 Å². The summed E-state index contributed by atoms with van der Waals surface area (Å²) in [5, 5.41) is 0. The second kappa shape index (κ2) is 5.31. The zero-order valence-corrected chi connectivity index (χ0v) is 10.3. The number of hydrogen-bond acceptors (Lipinski definition) is 3. The normalized spacial score (nSPS) is 18.9. The van der Waals surface area contributed by atoms with Gasteiger partial charge in [-0.3, -0.25) is 0 Å². The van der Waals surface area contributed by atoms with Gasteiger partial charge in [0, 0.05) is 19.2 Å². The number of amidine groups is 1. The van der Waals surface area contributed by atoms with Gasteiger partial charge in [-0.1, -0.05) is 12.1 Å². The fraction of sp³-hybridized carbons (Fsp3) is 0.333. The quantitative estimate of drug-likeness (QED) is 0.899. The molecular weight excluding hydrogens is 256 g/mol. The average Bonchev–Trinajstić information content (AvgIpc) is 2.65. The highest BCUT2D eigenvalue weighted by Crippen LogP contribution is 2.29. The fourth-order valence-corrected chi connectivity index (χ4v) is 1.98. The maximum absolute atomic E-state index is 13.8. The number of urea groups is 1. The van der Waals surface area contributed by atoms with Gasteiger partial charge in [-0.2, -0.15) is 4.99 Å². The van der Waals surface area contributed by atoms with Crippen LogP contribution in [-0.4, -0.2) is 37.0 Å². The molecule has 0 saturated heterocycles. The van der Waals surface area contributed by atoms with Crippen molar-refractivity contribution in [1.29, 1.82) is 0 Å². The van der Waals surface area contributed by atoms with Crippen molar-refractivity contribution in [2.45, 2.75) is 6.04 Å². The number of hydrogen-bond donors (Lipinski definition) is 1. The van der Waals surface area contributed by atoms with E-state index in [0.29, 0.717) is 0 Å². The number of nitrogens with zero attached hydrogens (tertiary/aromatic N) is 2. The van der Waals surface area contributed by atoms with Crippen molar-refractivity contribution >= 4 is 11.9 Å². The van der Waals surface area contributed by atoms with E-state index in [-0.39, 0.29) is 24.6 Å². The molecule has 0 radical (unpaired) electrons. The summed E-state index contributed by atoms with van der Waals surface area (Å²) in [6.07, 6.45) is 0. The lowest BCUT2D eigenvalue weighted by molar-refractivity contribution is 0.149. The van der Waals surface area contributed by atoms with Crippen LogP contribution in [-0.2, 0) is 4.74 Å². The standard InChI is InChI=1S/C12H13F2N3O2/c1-19-6-5-17-10(11(15)16-12(17)18)7-3-2-4-8(13)9(7)14/h2-4,10H,5-6H2,1H3,(H2,15,16,18). The first-order valence-electron chi connectivity index (χ1n) is 5.63. The second-order valence-corrected chi connectivity index (χ2v) is 4.05. The van der Waals surface area contributed by atoms with E-state index in [0.717, 1.165) is 6.07 Å². The van der Waals surface area contributed by atoms with Crippen LogP contribution in [0.5, 0.6) is 0 Å². The van der Waals surface area contributed by atoms with Crippen molar-refractivity contribution in [2.75, 3.05) is 20.3 Å². The highest BCUT2D eigenvalue weighted by Gasteiger charge is 2.36. The predicted octanol–water partition coefficient (Wildman–Crippen LogP) is 1.45. The Kier molecular flexibility index (Phi) is 3.75. The van der Waals surface area contributed by atoms with E-state index < -0.39 is 23.7 Å². The fourth-order valence-electron chi connectivity index (χ4n) is 1.98. The molecule has 1 aromatic rings. The Hall–Kier alpha value is -2.02. The number of rotatable bonds is 4. The molecule has 1 unspecified atom stereocenters. The van der Waals surface area contributed by atoms with Gasteiger partial charge in [0.15, 0.2) is 11.6 Å². The molecule has 2 N–H and O–H groups in total. The van der Waals surface area contributed by atoms with Gasteiger partial charge in [0.2, 0.25) is 0 Å². The summed E-state index contributed by atoms with van der Waals surface area (Å²) in [4.78, 5) is 16.5. The first-order chi connectivity index (χ1) is 9.06. The zero-order chi connectivity index (χ0) is 14.0. The van der Waals surface area contributed by atoms with Crippen LogP contribution in [0.25, 0.3) is 0 Å². The summed E-state index contributed by atoms with van der Waals surface area (Å²) >= 11 is 0. The van der Waals surface area contributed by atoms with Crippen molar-refractivity contribution < 1.29 is 18.3 Å². The molecule has 0 aliphatic carbocycles. The molecular formula is C12H13F2N3O2. The summed E-state index contributed by atoms with van der Waals surface area (Å²) in [5.41, 5.74) is 5.63. The van der Waals surface area contributed by atoms with Gasteiger partial charge in [0.25, 0.3) is 0 Å². The van der Waals surface area contributed by atoms with E-state index in [9.17, 15) is 13.6 Å². The molecule has 0 spiro atoms. The van der Waals surface area contributed by atoms with Gasteiger partial charge in [-0.15, -0.1) is 0 Å². The van der Waals surface area contributed by atoms with E-state index in [1.54, 1.807) is 0 Å². The van der Waals surface area contributed by atoms with Gasteiger partial charge in [0.05, 0.1) is 6.61 Å². The van der Waals surface area contributed by atoms with E-state index in [1.807, 2.05) is 0 Å². The molecule has 1 aliphatic heterocycles. The molecule has 1 aromatic carbocycles. The van der Waals surface area contributed by atoms with Crippen molar-refractivity contribution in [3.8, 4) is 0 Å². The minimum Gasteiger partial charge on any atom is -0.385 e. The Bertz CT molecular complexity index is 534. The lowest BCUT2D eigenvalue weighted by Gasteiger charge is -2.24. The number of ether oxygens (including phenoxy) is 1. The van der Waals surface area contributed by atoms with Gasteiger partial charge < -0.3 is 15.4 Å². The Morgan fingerprint density at radius 3 is 2.89 bits per heavy atom. The second-order valence-electron chi connectivity index (χ2n) is 4.05. The molecule has 2 rings (SSSR count). The number of methoxy groups -OCH3 is 1. The van der Waals surface area contributed by atoms with E-state index >= 15 is 0 Å². The first kappa shape index (κ1) is 13.4. The average molecular weight is 269 g/mol. The highest BCUT2D eigenvalue weighted by molar-refractivity contribution is 6.03. The number of halogens is 2.